The maximum absolute atomic E-state index is 13.5. The van der Waals surface area contributed by atoms with Crippen molar-refractivity contribution in [2.24, 2.45) is 0 Å². The quantitative estimate of drug-likeness (QED) is 0.784. The summed E-state index contributed by atoms with van der Waals surface area (Å²) < 4.78 is 6.59. The van der Waals surface area contributed by atoms with Crippen molar-refractivity contribution in [2.45, 2.75) is 37.1 Å². The molecular formula is C21H25BrN4O2. The summed E-state index contributed by atoms with van der Waals surface area (Å²) in [6.07, 6.45) is 6.92. The Kier molecular flexibility index (Phi) is 5.92. The van der Waals surface area contributed by atoms with E-state index in [0.29, 0.717) is 26.1 Å². The lowest BCUT2D eigenvalue weighted by molar-refractivity contribution is -0.131. The number of carbonyl (C=O) groups is 1. The molecule has 1 aromatic carbocycles. The zero-order chi connectivity index (χ0) is 19.4. The number of rotatable bonds is 4. The molecule has 1 aromatic heterocycles. The summed E-state index contributed by atoms with van der Waals surface area (Å²) in [6.45, 7) is 2.88. The SMILES string of the molecule is O=C(NC1CCCN(c2ncccn2)C1)C1(c2ccc(Br)cc2)CCOCC1. The predicted molar refractivity (Wildman–Crippen MR) is 111 cm³/mol. The number of amides is 1. The summed E-state index contributed by atoms with van der Waals surface area (Å²) in [6, 6.07) is 10.0. The number of benzene rings is 1. The number of nitrogens with zero attached hydrogens (tertiary/aromatic N) is 3. The third-order valence-corrected chi connectivity index (χ3v) is 6.30. The van der Waals surface area contributed by atoms with Gasteiger partial charge in [0.1, 0.15) is 0 Å². The van der Waals surface area contributed by atoms with Crippen molar-refractivity contribution < 1.29 is 9.53 Å². The second-order valence-electron chi connectivity index (χ2n) is 7.51. The van der Waals surface area contributed by atoms with Crippen LogP contribution in [0, 0.1) is 0 Å². The van der Waals surface area contributed by atoms with Gasteiger partial charge in [0, 0.05) is 49.2 Å². The lowest BCUT2D eigenvalue weighted by atomic mass is 9.73. The molecule has 2 saturated heterocycles. The number of anilines is 1. The van der Waals surface area contributed by atoms with Crippen molar-refractivity contribution in [2.75, 3.05) is 31.2 Å². The number of ether oxygens (including phenoxy) is 1. The van der Waals surface area contributed by atoms with E-state index >= 15 is 0 Å². The van der Waals surface area contributed by atoms with E-state index in [1.165, 1.54) is 0 Å². The summed E-state index contributed by atoms with van der Waals surface area (Å²) in [5.41, 5.74) is 0.542. The van der Waals surface area contributed by atoms with Gasteiger partial charge in [0.25, 0.3) is 0 Å². The molecule has 0 aliphatic carbocycles. The average molecular weight is 445 g/mol. The van der Waals surface area contributed by atoms with E-state index in [-0.39, 0.29) is 11.9 Å². The summed E-state index contributed by atoms with van der Waals surface area (Å²) in [5, 5.41) is 3.34. The number of piperidine rings is 1. The van der Waals surface area contributed by atoms with Crippen molar-refractivity contribution in [3.05, 3.63) is 52.8 Å². The van der Waals surface area contributed by atoms with Gasteiger partial charge in [-0.2, -0.15) is 0 Å². The fraction of sp³-hybridized carbons (Fsp3) is 0.476. The Labute approximate surface area is 173 Å². The van der Waals surface area contributed by atoms with Crippen LogP contribution in [-0.4, -0.2) is 48.2 Å². The second-order valence-corrected chi connectivity index (χ2v) is 8.42. The van der Waals surface area contributed by atoms with Gasteiger partial charge in [-0.15, -0.1) is 0 Å². The molecule has 28 heavy (non-hydrogen) atoms. The molecular weight excluding hydrogens is 420 g/mol. The van der Waals surface area contributed by atoms with Crippen LogP contribution in [-0.2, 0) is 14.9 Å². The molecule has 2 aromatic rings. The third kappa shape index (κ3) is 4.05. The number of hydrogen-bond donors (Lipinski definition) is 1. The topological polar surface area (TPSA) is 67.4 Å². The predicted octanol–water partition coefficient (Wildman–Crippen LogP) is 3.07. The van der Waals surface area contributed by atoms with Gasteiger partial charge >= 0.3 is 0 Å². The van der Waals surface area contributed by atoms with Crippen molar-refractivity contribution in [3.8, 4) is 0 Å². The van der Waals surface area contributed by atoms with E-state index in [1.807, 2.05) is 18.2 Å². The van der Waals surface area contributed by atoms with Gasteiger partial charge < -0.3 is 15.0 Å². The molecule has 2 aliphatic rings. The fourth-order valence-electron chi connectivity index (χ4n) is 4.19. The maximum Gasteiger partial charge on any atom is 0.231 e. The van der Waals surface area contributed by atoms with Crippen LogP contribution in [0.1, 0.15) is 31.2 Å². The molecule has 2 aliphatic heterocycles. The van der Waals surface area contributed by atoms with Crippen LogP contribution in [0.3, 0.4) is 0 Å². The first-order chi connectivity index (χ1) is 13.7. The monoisotopic (exact) mass is 444 g/mol. The zero-order valence-corrected chi connectivity index (χ0v) is 17.4. The van der Waals surface area contributed by atoms with Gasteiger partial charge in [-0.05, 0) is 49.4 Å². The number of aromatic nitrogens is 2. The highest BCUT2D eigenvalue weighted by atomic mass is 79.9. The number of nitrogens with one attached hydrogen (secondary N) is 1. The summed E-state index contributed by atoms with van der Waals surface area (Å²) in [7, 11) is 0. The van der Waals surface area contributed by atoms with Crippen molar-refractivity contribution in [3.63, 3.8) is 0 Å². The zero-order valence-electron chi connectivity index (χ0n) is 15.8. The van der Waals surface area contributed by atoms with Gasteiger partial charge in [0.05, 0.1) is 5.41 Å². The van der Waals surface area contributed by atoms with Crippen molar-refractivity contribution in [1.82, 2.24) is 15.3 Å². The molecule has 0 radical (unpaired) electrons. The second kappa shape index (κ2) is 8.57. The molecule has 0 bridgehead atoms. The minimum Gasteiger partial charge on any atom is -0.381 e. The molecule has 2 fully saturated rings. The molecule has 148 valence electrons. The smallest absolute Gasteiger partial charge is 0.231 e. The standard InChI is InChI=1S/C21H25BrN4O2/c22-17-6-4-16(5-7-17)21(8-13-28-14-9-21)19(27)25-18-3-1-12-26(15-18)20-23-10-2-11-24-20/h2,4-7,10-11,18H,1,3,8-9,12-15H2,(H,25,27). The van der Waals surface area contributed by atoms with Crippen LogP contribution in [0.25, 0.3) is 0 Å². The van der Waals surface area contributed by atoms with Crippen LogP contribution in [0.2, 0.25) is 0 Å². The minimum absolute atomic E-state index is 0.0974. The van der Waals surface area contributed by atoms with E-state index in [0.717, 1.165) is 41.9 Å². The molecule has 0 saturated carbocycles. The Morgan fingerprint density at radius 1 is 1.18 bits per heavy atom. The van der Waals surface area contributed by atoms with Crippen LogP contribution in [0.4, 0.5) is 5.95 Å². The molecule has 1 atom stereocenters. The number of halogens is 1. The van der Waals surface area contributed by atoms with Crippen molar-refractivity contribution in [1.29, 1.82) is 0 Å². The summed E-state index contributed by atoms with van der Waals surface area (Å²) in [5.74, 6) is 0.842. The summed E-state index contributed by atoms with van der Waals surface area (Å²) in [4.78, 5) is 24.4. The van der Waals surface area contributed by atoms with Crippen LogP contribution in [0.15, 0.2) is 47.2 Å². The fourth-order valence-corrected chi connectivity index (χ4v) is 4.45. The molecule has 1 N–H and O–H groups in total. The summed E-state index contributed by atoms with van der Waals surface area (Å²) >= 11 is 3.49. The van der Waals surface area contributed by atoms with Gasteiger partial charge in [-0.25, -0.2) is 9.97 Å². The van der Waals surface area contributed by atoms with Crippen LogP contribution < -0.4 is 10.2 Å². The largest absolute Gasteiger partial charge is 0.381 e. The minimum atomic E-state index is -0.523. The lowest BCUT2D eigenvalue weighted by Gasteiger charge is -2.39. The van der Waals surface area contributed by atoms with E-state index in [2.05, 4.69) is 48.2 Å². The molecule has 4 rings (SSSR count). The molecule has 3 heterocycles. The van der Waals surface area contributed by atoms with E-state index in [1.54, 1.807) is 12.4 Å². The Balaban J connectivity index is 1.50. The van der Waals surface area contributed by atoms with Crippen molar-refractivity contribution >= 4 is 27.8 Å². The Morgan fingerprint density at radius 3 is 2.61 bits per heavy atom. The number of hydrogen-bond acceptors (Lipinski definition) is 5. The van der Waals surface area contributed by atoms with Gasteiger partial charge in [0.2, 0.25) is 11.9 Å². The Hall–Kier alpha value is -1.99. The van der Waals surface area contributed by atoms with Gasteiger partial charge in [0.15, 0.2) is 0 Å². The van der Waals surface area contributed by atoms with E-state index in [4.69, 9.17) is 4.74 Å². The van der Waals surface area contributed by atoms with E-state index in [9.17, 15) is 4.79 Å². The number of carbonyl (C=O) groups excluding carboxylic acids is 1. The normalized spacial score (nSPS) is 21.9. The highest BCUT2D eigenvalue weighted by Crippen LogP contribution is 2.36. The van der Waals surface area contributed by atoms with Gasteiger partial charge in [-0.3, -0.25) is 4.79 Å². The first-order valence-electron chi connectivity index (χ1n) is 9.84. The molecule has 7 heteroatoms. The lowest BCUT2D eigenvalue weighted by Crippen LogP contribution is -2.55. The molecule has 0 spiro atoms. The van der Waals surface area contributed by atoms with Gasteiger partial charge in [-0.1, -0.05) is 28.1 Å². The Morgan fingerprint density at radius 2 is 1.89 bits per heavy atom. The molecule has 6 nitrogen and oxygen atoms in total. The first-order valence-corrected chi connectivity index (χ1v) is 10.6. The maximum atomic E-state index is 13.5. The highest BCUT2D eigenvalue weighted by molar-refractivity contribution is 9.10. The first kappa shape index (κ1) is 19.3. The molecule has 1 amide bonds. The Bertz CT molecular complexity index is 794. The van der Waals surface area contributed by atoms with E-state index < -0.39 is 5.41 Å². The van der Waals surface area contributed by atoms with Crippen LogP contribution >= 0.6 is 15.9 Å². The highest BCUT2D eigenvalue weighted by Gasteiger charge is 2.42. The molecule has 1 unspecified atom stereocenters. The third-order valence-electron chi connectivity index (χ3n) is 5.77. The van der Waals surface area contributed by atoms with Crippen LogP contribution in [0.5, 0.6) is 0 Å². The average Bonchev–Trinajstić information content (AvgIpc) is 2.75.